The number of thioether (sulfide) groups is 1. The number of benzene rings is 2. The fourth-order valence-electron chi connectivity index (χ4n) is 2.29. The molecule has 0 unspecified atom stereocenters. The van der Waals surface area contributed by atoms with Gasteiger partial charge in [-0.15, -0.1) is 11.8 Å². The Labute approximate surface area is 122 Å². The summed E-state index contributed by atoms with van der Waals surface area (Å²) in [5, 5.41) is 9.27. The molecule has 3 rings (SSSR count). The van der Waals surface area contributed by atoms with E-state index in [1.54, 1.807) is 16.7 Å². The van der Waals surface area contributed by atoms with E-state index in [2.05, 4.69) is 0 Å². The highest BCUT2D eigenvalue weighted by molar-refractivity contribution is 8.00. The molecule has 0 radical (unpaired) electrons. The summed E-state index contributed by atoms with van der Waals surface area (Å²) in [6.07, 6.45) is 0. The molecule has 0 saturated carbocycles. The maximum Gasteiger partial charge on any atom is 0.237 e. The van der Waals surface area contributed by atoms with Gasteiger partial charge in [0.15, 0.2) is 0 Å². The van der Waals surface area contributed by atoms with E-state index in [4.69, 9.17) is 0 Å². The molecule has 0 saturated heterocycles. The Bertz CT molecular complexity index is 628. The first-order chi connectivity index (χ1) is 9.78. The Hall–Kier alpha value is -1.78. The Morgan fingerprint density at radius 3 is 2.65 bits per heavy atom. The van der Waals surface area contributed by atoms with Gasteiger partial charge in [-0.25, -0.2) is 0 Å². The number of rotatable bonds is 3. The SMILES string of the molecule is O=C1CSc2ccc(CO)cc2N1Cc1ccccc1. The maximum atomic E-state index is 12.2. The second-order valence-corrected chi connectivity index (χ2v) is 5.73. The number of fused-ring (bicyclic) bond motifs is 1. The van der Waals surface area contributed by atoms with E-state index >= 15 is 0 Å². The Morgan fingerprint density at radius 1 is 1.10 bits per heavy atom. The largest absolute Gasteiger partial charge is 0.392 e. The Kier molecular flexibility index (Phi) is 3.76. The van der Waals surface area contributed by atoms with Crippen LogP contribution in [0.3, 0.4) is 0 Å². The third-order valence-corrected chi connectivity index (χ3v) is 4.38. The Morgan fingerprint density at radius 2 is 1.90 bits per heavy atom. The van der Waals surface area contributed by atoms with Crippen molar-refractivity contribution in [3.63, 3.8) is 0 Å². The lowest BCUT2D eigenvalue weighted by Crippen LogP contribution is -2.34. The van der Waals surface area contributed by atoms with Crippen LogP contribution in [-0.2, 0) is 17.9 Å². The molecule has 20 heavy (non-hydrogen) atoms. The van der Waals surface area contributed by atoms with Crippen LogP contribution in [-0.4, -0.2) is 16.8 Å². The molecule has 4 heteroatoms. The van der Waals surface area contributed by atoms with Crippen LogP contribution in [0.4, 0.5) is 5.69 Å². The van der Waals surface area contributed by atoms with Crippen LogP contribution in [0.1, 0.15) is 11.1 Å². The third-order valence-electron chi connectivity index (χ3n) is 3.33. The van der Waals surface area contributed by atoms with Crippen LogP contribution in [0, 0.1) is 0 Å². The number of carbonyl (C=O) groups excluding carboxylic acids is 1. The van der Waals surface area contributed by atoms with Crippen molar-refractivity contribution >= 4 is 23.4 Å². The minimum absolute atomic E-state index is 0.00862. The summed E-state index contributed by atoms with van der Waals surface area (Å²) in [5.41, 5.74) is 2.84. The predicted molar refractivity (Wildman–Crippen MR) is 80.7 cm³/mol. The fraction of sp³-hybridized carbons (Fsp3) is 0.188. The molecule has 1 heterocycles. The van der Waals surface area contributed by atoms with E-state index in [-0.39, 0.29) is 12.5 Å². The van der Waals surface area contributed by atoms with E-state index < -0.39 is 0 Å². The van der Waals surface area contributed by atoms with Crippen molar-refractivity contribution < 1.29 is 9.90 Å². The van der Waals surface area contributed by atoms with Gasteiger partial charge in [-0.05, 0) is 23.3 Å². The second kappa shape index (κ2) is 5.69. The summed E-state index contributed by atoms with van der Waals surface area (Å²) in [7, 11) is 0. The highest BCUT2D eigenvalue weighted by Gasteiger charge is 2.24. The molecule has 1 aliphatic heterocycles. The van der Waals surface area contributed by atoms with Crippen LogP contribution in [0.5, 0.6) is 0 Å². The summed E-state index contributed by atoms with van der Waals surface area (Å²) in [5.74, 6) is 0.583. The molecule has 0 aromatic heterocycles. The monoisotopic (exact) mass is 285 g/mol. The highest BCUT2D eigenvalue weighted by atomic mass is 32.2. The number of hydrogen-bond acceptors (Lipinski definition) is 3. The lowest BCUT2D eigenvalue weighted by Gasteiger charge is -2.29. The molecule has 1 aliphatic rings. The van der Waals surface area contributed by atoms with Crippen molar-refractivity contribution in [1.29, 1.82) is 0 Å². The summed E-state index contributed by atoms with van der Waals surface area (Å²) >= 11 is 1.56. The van der Waals surface area contributed by atoms with Crippen LogP contribution in [0.2, 0.25) is 0 Å². The number of hydrogen-bond donors (Lipinski definition) is 1. The fourth-order valence-corrected chi connectivity index (χ4v) is 3.20. The minimum atomic E-state index is -0.00862. The van der Waals surface area contributed by atoms with Gasteiger partial charge in [0, 0.05) is 4.90 Å². The lowest BCUT2D eigenvalue weighted by molar-refractivity contribution is -0.116. The van der Waals surface area contributed by atoms with Crippen LogP contribution in [0.15, 0.2) is 53.4 Å². The average molecular weight is 285 g/mol. The van der Waals surface area contributed by atoms with Crippen molar-refractivity contribution in [2.75, 3.05) is 10.7 Å². The normalized spacial score (nSPS) is 14.2. The highest BCUT2D eigenvalue weighted by Crippen LogP contribution is 2.36. The number of aliphatic hydroxyl groups excluding tert-OH is 1. The van der Waals surface area contributed by atoms with E-state index in [1.165, 1.54) is 0 Å². The maximum absolute atomic E-state index is 12.2. The van der Waals surface area contributed by atoms with Crippen molar-refractivity contribution in [3.8, 4) is 0 Å². The molecule has 102 valence electrons. The molecule has 3 nitrogen and oxygen atoms in total. The summed E-state index contributed by atoms with van der Waals surface area (Å²) in [6.45, 7) is 0.563. The first-order valence-corrected chi connectivity index (χ1v) is 7.47. The van der Waals surface area contributed by atoms with Gasteiger partial charge in [0.1, 0.15) is 0 Å². The quantitative estimate of drug-likeness (QED) is 0.942. The molecule has 2 aromatic carbocycles. The van der Waals surface area contributed by atoms with Crippen molar-refractivity contribution in [3.05, 3.63) is 59.7 Å². The molecule has 1 N–H and O–H groups in total. The molecule has 0 fully saturated rings. The van der Waals surface area contributed by atoms with E-state index in [0.29, 0.717) is 12.3 Å². The van der Waals surface area contributed by atoms with Gasteiger partial charge < -0.3 is 10.0 Å². The smallest absolute Gasteiger partial charge is 0.237 e. The number of carbonyl (C=O) groups is 1. The van der Waals surface area contributed by atoms with Gasteiger partial charge in [-0.1, -0.05) is 36.4 Å². The third kappa shape index (κ3) is 2.57. The van der Waals surface area contributed by atoms with Crippen LogP contribution >= 0.6 is 11.8 Å². The predicted octanol–water partition coefficient (Wildman–Crippen LogP) is 2.82. The molecule has 0 atom stereocenters. The Balaban J connectivity index is 1.96. The number of amides is 1. The van der Waals surface area contributed by atoms with Crippen molar-refractivity contribution in [2.24, 2.45) is 0 Å². The number of aliphatic hydroxyl groups is 1. The van der Waals surface area contributed by atoms with Gasteiger partial charge in [0.25, 0.3) is 0 Å². The zero-order valence-corrected chi connectivity index (χ0v) is 11.8. The van der Waals surface area contributed by atoms with E-state index in [9.17, 15) is 9.90 Å². The van der Waals surface area contributed by atoms with Gasteiger partial charge >= 0.3 is 0 Å². The molecule has 1 amide bonds. The van der Waals surface area contributed by atoms with Crippen molar-refractivity contribution in [2.45, 2.75) is 18.0 Å². The minimum Gasteiger partial charge on any atom is -0.392 e. The van der Waals surface area contributed by atoms with Gasteiger partial charge in [0.05, 0.1) is 24.6 Å². The van der Waals surface area contributed by atoms with E-state index in [1.807, 2.05) is 48.5 Å². The number of anilines is 1. The van der Waals surface area contributed by atoms with Crippen LogP contribution < -0.4 is 4.90 Å². The molecule has 0 aliphatic carbocycles. The average Bonchev–Trinajstić information content (AvgIpc) is 2.51. The number of nitrogens with zero attached hydrogens (tertiary/aromatic N) is 1. The van der Waals surface area contributed by atoms with Gasteiger partial charge in [-0.2, -0.15) is 0 Å². The second-order valence-electron chi connectivity index (χ2n) is 4.71. The zero-order chi connectivity index (χ0) is 13.9. The first-order valence-electron chi connectivity index (χ1n) is 6.49. The van der Waals surface area contributed by atoms with Crippen LogP contribution in [0.25, 0.3) is 0 Å². The first kappa shape index (κ1) is 13.2. The molecular formula is C16H15NO2S. The topological polar surface area (TPSA) is 40.5 Å². The molecule has 0 bridgehead atoms. The summed E-state index contributed by atoms with van der Waals surface area (Å²) in [4.78, 5) is 15.1. The molecular weight excluding hydrogens is 270 g/mol. The standard InChI is InChI=1S/C16H15NO2S/c18-10-13-6-7-15-14(8-13)17(16(19)11-20-15)9-12-4-2-1-3-5-12/h1-8,18H,9-11H2. The summed E-state index contributed by atoms with van der Waals surface area (Å²) in [6, 6.07) is 15.7. The van der Waals surface area contributed by atoms with E-state index in [0.717, 1.165) is 21.7 Å². The molecule has 2 aromatic rings. The summed E-state index contributed by atoms with van der Waals surface area (Å²) < 4.78 is 0. The van der Waals surface area contributed by atoms with Gasteiger partial charge in [0.2, 0.25) is 5.91 Å². The van der Waals surface area contributed by atoms with Gasteiger partial charge in [-0.3, -0.25) is 4.79 Å². The van der Waals surface area contributed by atoms with Crippen molar-refractivity contribution in [1.82, 2.24) is 0 Å². The molecule has 0 spiro atoms. The zero-order valence-electron chi connectivity index (χ0n) is 11.0. The lowest BCUT2D eigenvalue weighted by atomic mass is 10.1.